The molecule has 0 fully saturated rings. The maximum atomic E-state index is 10.5. The van der Waals surface area contributed by atoms with E-state index in [2.05, 4.69) is 4.99 Å². The van der Waals surface area contributed by atoms with Crippen molar-refractivity contribution in [2.24, 2.45) is 4.99 Å². The summed E-state index contributed by atoms with van der Waals surface area (Å²) in [6, 6.07) is 3.52. The van der Waals surface area contributed by atoms with Gasteiger partial charge < -0.3 is 9.15 Å². The second kappa shape index (κ2) is 4.45. The quantitative estimate of drug-likeness (QED) is 0.523. The molecule has 0 aliphatic rings. The molecule has 0 bridgehead atoms. The molecule has 0 atom stereocenters. The van der Waals surface area contributed by atoms with Crippen LogP contribution in [0.15, 0.2) is 21.5 Å². The van der Waals surface area contributed by atoms with Crippen molar-refractivity contribution < 1.29 is 13.9 Å². The van der Waals surface area contributed by atoms with Crippen molar-refractivity contribution in [1.29, 1.82) is 0 Å². The molecule has 1 heterocycles. The number of carbonyl (C=O) groups is 1. The molecule has 0 amide bonds. The lowest BCUT2D eigenvalue weighted by Gasteiger charge is -1.96. The largest absolute Gasteiger partial charge is 0.458 e. The molecule has 0 spiro atoms. The zero-order valence-corrected chi connectivity index (χ0v) is 7.61. The molecule has 0 aliphatic heterocycles. The first-order valence-corrected chi connectivity index (χ1v) is 3.86. The van der Waals surface area contributed by atoms with E-state index in [1.807, 2.05) is 0 Å². The van der Waals surface area contributed by atoms with Crippen LogP contribution in [0, 0.1) is 0 Å². The summed E-state index contributed by atoms with van der Waals surface area (Å²) in [5.74, 6) is 0.955. The Morgan fingerprint density at radius 1 is 1.69 bits per heavy atom. The zero-order chi connectivity index (χ0) is 9.68. The summed E-state index contributed by atoms with van der Waals surface area (Å²) < 4.78 is 9.99. The Hall–Kier alpha value is -1.58. The van der Waals surface area contributed by atoms with Gasteiger partial charge in [-0.15, -0.1) is 0 Å². The van der Waals surface area contributed by atoms with Crippen LogP contribution in [0.5, 0.6) is 0 Å². The lowest BCUT2D eigenvalue weighted by molar-refractivity contribution is -0.142. The monoisotopic (exact) mass is 181 g/mol. The highest BCUT2D eigenvalue weighted by molar-refractivity contribution is 5.75. The third-order valence-corrected chi connectivity index (χ3v) is 1.36. The van der Waals surface area contributed by atoms with Crippen LogP contribution in [0.1, 0.15) is 18.4 Å². The summed E-state index contributed by atoms with van der Waals surface area (Å²) in [4.78, 5) is 14.2. The fraction of sp³-hybridized carbons (Fsp3) is 0.333. The minimum Gasteiger partial charge on any atom is -0.458 e. The SMILES string of the molecule is CN=Cc1ccc(COC(C)=O)o1. The predicted octanol–water partition coefficient (Wildman–Crippen LogP) is 1.39. The highest BCUT2D eigenvalue weighted by Crippen LogP contribution is 2.06. The van der Waals surface area contributed by atoms with Gasteiger partial charge in [0.1, 0.15) is 18.1 Å². The molecule has 1 aromatic rings. The Kier molecular flexibility index (Phi) is 3.25. The lowest BCUT2D eigenvalue weighted by atomic mass is 10.4. The molecule has 0 saturated carbocycles. The average molecular weight is 181 g/mol. The number of furan rings is 1. The fourth-order valence-corrected chi connectivity index (χ4v) is 0.841. The standard InChI is InChI=1S/C9H11NO3/c1-7(11)12-6-9-4-3-8(13-9)5-10-2/h3-5H,6H2,1-2H3. The first kappa shape index (κ1) is 9.51. The molecule has 1 aromatic heterocycles. The van der Waals surface area contributed by atoms with Gasteiger partial charge in [-0.3, -0.25) is 9.79 Å². The van der Waals surface area contributed by atoms with E-state index >= 15 is 0 Å². The van der Waals surface area contributed by atoms with Gasteiger partial charge >= 0.3 is 5.97 Å². The lowest BCUT2D eigenvalue weighted by Crippen LogP contribution is -1.97. The molecule has 4 nitrogen and oxygen atoms in total. The number of rotatable bonds is 3. The Morgan fingerprint density at radius 2 is 2.46 bits per heavy atom. The molecule has 70 valence electrons. The molecule has 0 aromatic carbocycles. The molecule has 13 heavy (non-hydrogen) atoms. The number of aliphatic imine (C=N–C) groups is 1. The van der Waals surface area contributed by atoms with Gasteiger partial charge in [-0.2, -0.15) is 0 Å². The Bertz CT molecular complexity index is 314. The van der Waals surface area contributed by atoms with Gasteiger partial charge in [-0.05, 0) is 12.1 Å². The van der Waals surface area contributed by atoms with Gasteiger partial charge in [0.25, 0.3) is 0 Å². The van der Waals surface area contributed by atoms with Gasteiger partial charge in [0.2, 0.25) is 0 Å². The number of carbonyl (C=O) groups excluding carboxylic acids is 1. The van der Waals surface area contributed by atoms with Gasteiger partial charge in [0, 0.05) is 14.0 Å². The van der Waals surface area contributed by atoms with Crippen molar-refractivity contribution in [1.82, 2.24) is 0 Å². The van der Waals surface area contributed by atoms with Crippen LogP contribution >= 0.6 is 0 Å². The van der Waals surface area contributed by atoms with Crippen LogP contribution in [0.3, 0.4) is 0 Å². The van der Waals surface area contributed by atoms with Crippen LogP contribution in [0.2, 0.25) is 0 Å². The van der Waals surface area contributed by atoms with E-state index in [0.717, 1.165) is 0 Å². The van der Waals surface area contributed by atoms with Crippen molar-refractivity contribution >= 4 is 12.2 Å². The molecule has 0 unspecified atom stereocenters. The highest BCUT2D eigenvalue weighted by atomic mass is 16.5. The van der Waals surface area contributed by atoms with Crippen molar-refractivity contribution in [2.75, 3.05) is 7.05 Å². The normalized spacial score (nSPS) is 10.6. The number of hydrogen-bond donors (Lipinski definition) is 0. The summed E-state index contributed by atoms with van der Waals surface area (Å²) in [7, 11) is 1.66. The Morgan fingerprint density at radius 3 is 3.08 bits per heavy atom. The molecular weight excluding hydrogens is 170 g/mol. The summed E-state index contributed by atoms with van der Waals surface area (Å²) in [5, 5.41) is 0. The van der Waals surface area contributed by atoms with E-state index in [-0.39, 0.29) is 12.6 Å². The maximum absolute atomic E-state index is 10.5. The van der Waals surface area contributed by atoms with Gasteiger partial charge in [-0.25, -0.2) is 0 Å². The zero-order valence-electron chi connectivity index (χ0n) is 7.61. The molecule has 4 heteroatoms. The highest BCUT2D eigenvalue weighted by Gasteiger charge is 2.01. The van der Waals surface area contributed by atoms with E-state index in [1.165, 1.54) is 6.92 Å². The van der Waals surface area contributed by atoms with Crippen molar-refractivity contribution in [3.63, 3.8) is 0 Å². The summed E-state index contributed by atoms with van der Waals surface area (Å²) in [6.45, 7) is 1.53. The summed E-state index contributed by atoms with van der Waals surface area (Å²) in [5.41, 5.74) is 0. The van der Waals surface area contributed by atoms with E-state index in [0.29, 0.717) is 11.5 Å². The fourth-order valence-electron chi connectivity index (χ4n) is 0.841. The van der Waals surface area contributed by atoms with Gasteiger partial charge in [0.15, 0.2) is 0 Å². The summed E-state index contributed by atoms with van der Waals surface area (Å²) in [6.07, 6.45) is 1.59. The second-order valence-electron chi connectivity index (χ2n) is 2.47. The van der Waals surface area contributed by atoms with Crippen LogP contribution < -0.4 is 0 Å². The molecule has 1 rings (SSSR count). The average Bonchev–Trinajstić information content (AvgIpc) is 2.50. The molecule has 0 aliphatic carbocycles. The smallest absolute Gasteiger partial charge is 0.303 e. The van der Waals surface area contributed by atoms with Crippen LogP contribution in [-0.2, 0) is 16.1 Å². The molecule has 0 N–H and O–H groups in total. The third kappa shape index (κ3) is 3.11. The van der Waals surface area contributed by atoms with Crippen molar-refractivity contribution in [2.45, 2.75) is 13.5 Å². The molecule has 0 radical (unpaired) electrons. The third-order valence-electron chi connectivity index (χ3n) is 1.36. The van der Waals surface area contributed by atoms with Crippen LogP contribution in [-0.4, -0.2) is 19.2 Å². The van der Waals surface area contributed by atoms with Gasteiger partial charge in [-0.1, -0.05) is 0 Å². The van der Waals surface area contributed by atoms with E-state index < -0.39 is 0 Å². The van der Waals surface area contributed by atoms with E-state index in [9.17, 15) is 4.79 Å². The molecular formula is C9H11NO3. The maximum Gasteiger partial charge on any atom is 0.303 e. The molecule has 0 saturated heterocycles. The van der Waals surface area contributed by atoms with Gasteiger partial charge in [0.05, 0.1) is 6.21 Å². The summed E-state index contributed by atoms with van der Waals surface area (Å²) >= 11 is 0. The van der Waals surface area contributed by atoms with Crippen LogP contribution in [0.25, 0.3) is 0 Å². The van der Waals surface area contributed by atoms with E-state index in [1.54, 1.807) is 25.4 Å². The Balaban J connectivity index is 2.53. The second-order valence-corrected chi connectivity index (χ2v) is 2.47. The topological polar surface area (TPSA) is 51.8 Å². The van der Waals surface area contributed by atoms with Crippen LogP contribution in [0.4, 0.5) is 0 Å². The number of hydrogen-bond acceptors (Lipinski definition) is 4. The van der Waals surface area contributed by atoms with Crippen molar-refractivity contribution in [3.05, 3.63) is 23.7 Å². The van der Waals surface area contributed by atoms with Crippen molar-refractivity contribution in [3.8, 4) is 0 Å². The Labute approximate surface area is 76.2 Å². The number of nitrogens with zero attached hydrogens (tertiary/aromatic N) is 1. The predicted molar refractivity (Wildman–Crippen MR) is 47.7 cm³/mol. The van der Waals surface area contributed by atoms with E-state index in [4.69, 9.17) is 9.15 Å². The number of esters is 1. The minimum atomic E-state index is -0.317. The first-order valence-electron chi connectivity index (χ1n) is 3.86. The minimum absolute atomic E-state index is 0.173. The number of ether oxygens (including phenoxy) is 1. The first-order chi connectivity index (χ1) is 6.22.